The first-order valence-corrected chi connectivity index (χ1v) is 2.86. The average Bonchev–Trinajstić information content (AvgIpc) is 2.59. The standard InChI is InChI=1S/C6H5N3O/c1-2-9-10-6(1)5-3-7-4-8-5/h1-4H,(H,7,8). The predicted molar refractivity (Wildman–Crippen MR) is 34.1 cm³/mol. The molecule has 0 fully saturated rings. The van der Waals surface area contributed by atoms with Crippen molar-refractivity contribution in [2.24, 2.45) is 0 Å². The van der Waals surface area contributed by atoms with Crippen molar-refractivity contribution in [1.82, 2.24) is 15.1 Å². The Morgan fingerprint density at radius 1 is 1.50 bits per heavy atom. The smallest absolute Gasteiger partial charge is 0.184 e. The maximum absolute atomic E-state index is 4.86. The number of H-pyrrole nitrogens is 1. The summed E-state index contributed by atoms with van der Waals surface area (Å²) in [5, 5.41) is 3.56. The van der Waals surface area contributed by atoms with Crippen molar-refractivity contribution >= 4 is 0 Å². The van der Waals surface area contributed by atoms with Gasteiger partial charge in [-0.3, -0.25) is 0 Å². The van der Waals surface area contributed by atoms with Crippen molar-refractivity contribution in [3.8, 4) is 11.5 Å². The van der Waals surface area contributed by atoms with Crippen LogP contribution in [0.25, 0.3) is 11.5 Å². The molecule has 1 N–H and O–H groups in total. The van der Waals surface area contributed by atoms with E-state index in [1.165, 1.54) is 0 Å². The minimum atomic E-state index is 0.706. The quantitative estimate of drug-likeness (QED) is 0.636. The molecular formula is C6H5N3O. The molecule has 0 aliphatic carbocycles. The van der Waals surface area contributed by atoms with Crippen molar-refractivity contribution in [3.05, 3.63) is 24.8 Å². The molecule has 0 unspecified atom stereocenters. The monoisotopic (exact) mass is 135 g/mol. The van der Waals surface area contributed by atoms with Gasteiger partial charge in [-0.1, -0.05) is 5.16 Å². The van der Waals surface area contributed by atoms with E-state index in [0.717, 1.165) is 5.69 Å². The molecule has 2 heterocycles. The number of hydrogen-bond acceptors (Lipinski definition) is 3. The van der Waals surface area contributed by atoms with E-state index in [4.69, 9.17) is 4.52 Å². The third kappa shape index (κ3) is 0.699. The van der Waals surface area contributed by atoms with Crippen molar-refractivity contribution in [2.45, 2.75) is 0 Å². The fraction of sp³-hybridized carbons (Fsp3) is 0. The second-order valence-electron chi connectivity index (χ2n) is 1.84. The molecule has 2 aromatic heterocycles. The molecule has 0 aromatic carbocycles. The van der Waals surface area contributed by atoms with Crippen LogP contribution in [0, 0.1) is 0 Å². The van der Waals surface area contributed by atoms with Crippen LogP contribution in [0.3, 0.4) is 0 Å². The maximum atomic E-state index is 4.86. The van der Waals surface area contributed by atoms with Crippen molar-refractivity contribution in [3.63, 3.8) is 0 Å². The van der Waals surface area contributed by atoms with Crippen LogP contribution in [0.2, 0.25) is 0 Å². The van der Waals surface area contributed by atoms with Crippen LogP contribution in [-0.2, 0) is 0 Å². The van der Waals surface area contributed by atoms with E-state index in [1.807, 2.05) is 0 Å². The fourth-order valence-electron chi connectivity index (χ4n) is 0.745. The lowest BCUT2D eigenvalue weighted by atomic mass is 10.4. The molecule has 4 nitrogen and oxygen atoms in total. The third-order valence-electron chi connectivity index (χ3n) is 1.20. The molecule has 2 rings (SSSR count). The van der Waals surface area contributed by atoms with E-state index >= 15 is 0 Å². The van der Waals surface area contributed by atoms with Gasteiger partial charge in [-0.25, -0.2) is 4.98 Å². The van der Waals surface area contributed by atoms with Gasteiger partial charge < -0.3 is 9.51 Å². The Balaban J connectivity index is 2.48. The van der Waals surface area contributed by atoms with Crippen molar-refractivity contribution in [2.75, 3.05) is 0 Å². The third-order valence-corrected chi connectivity index (χ3v) is 1.20. The zero-order chi connectivity index (χ0) is 6.81. The van der Waals surface area contributed by atoms with E-state index in [0.29, 0.717) is 5.76 Å². The second kappa shape index (κ2) is 1.98. The molecular weight excluding hydrogens is 130 g/mol. The van der Waals surface area contributed by atoms with Gasteiger partial charge in [-0.05, 0) is 0 Å². The topological polar surface area (TPSA) is 54.7 Å². The summed E-state index contributed by atoms with van der Waals surface area (Å²) in [4.78, 5) is 6.73. The molecule has 0 spiro atoms. The van der Waals surface area contributed by atoms with E-state index in [-0.39, 0.29) is 0 Å². The fourth-order valence-corrected chi connectivity index (χ4v) is 0.745. The summed E-state index contributed by atoms with van der Waals surface area (Å²) in [7, 11) is 0. The lowest BCUT2D eigenvalue weighted by Gasteiger charge is -1.82. The summed E-state index contributed by atoms with van der Waals surface area (Å²) in [6.45, 7) is 0. The highest BCUT2D eigenvalue weighted by molar-refractivity contribution is 5.48. The van der Waals surface area contributed by atoms with Gasteiger partial charge in [0.05, 0.1) is 18.7 Å². The van der Waals surface area contributed by atoms with Crippen LogP contribution in [0.15, 0.2) is 29.3 Å². The van der Waals surface area contributed by atoms with Crippen LogP contribution in [0.5, 0.6) is 0 Å². The number of rotatable bonds is 1. The Morgan fingerprint density at radius 2 is 2.50 bits per heavy atom. The maximum Gasteiger partial charge on any atom is 0.184 e. The predicted octanol–water partition coefficient (Wildman–Crippen LogP) is 1.06. The first kappa shape index (κ1) is 5.22. The van der Waals surface area contributed by atoms with Gasteiger partial charge in [0.2, 0.25) is 0 Å². The van der Waals surface area contributed by atoms with Crippen molar-refractivity contribution in [1.29, 1.82) is 0 Å². The number of nitrogens with zero attached hydrogens (tertiary/aromatic N) is 2. The summed E-state index contributed by atoms with van der Waals surface area (Å²) >= 11 is 0. The number of nitrogens with one attached hydrogen (secondary N) is 1. The molecule has 4 heteroatoms. The Hall–Kier alpha value is -1.58. The van der Waals surface area contributed by atoms with Crippen LogP contribution in [-0.4, -0.2) is 15.1 Å². The molecule has 0 aliphatic rings. The molecule has 0 amide bonds. The molecule has 0 saturated carbocycles. The molecule has 0 bridgehead atoms. The average molecular weight is 135 g/mol. The molecule has 50 valence electrons. The molecule has 0 saturated heterocycles. The highest BCUT2D eigenvalue weighted by Gasteiger charge is 1.99. The number of aromatic amines is 1. The van der Waals surface area contributed by atoms with Crippen LogP contribution < -0.4 is 0 Å². The number of imidazole rings is 1. The molecule has 0 atom stereocenters. The van der Waals surface area contributed by atoms with Gasteiger partial charge in [0, 0.05) is 6.07 Å². The van der Waals surface area contributed by atoms with E-state index < -0.39 is 0 Å². The SMILES string of the molecule is c1cc(-c2cnc[nH]2)on1. The number of aromatic nitrogens is 3. The van der Waals surface area contributed by atoms with Gasteiger partial charge in [-0.2, -0.15) is 0 Å². The largest absolute Gasteiger partial charge is 0.355 e. The first-order chi connectivity index (χ1) is 4.97. The lowest BCUT2D eigenvalue weighted by molar-refractivity contribution is 0.431. The minimum Gasteiger partial charge on any atom is -0.355 e. The summed E-state index contributed by atoms with van der Waals surface area (Å²) in [5.74, 6) is 0.706. The summed E-state index contributed by atoms with van der Waals surface area (Å²) in [6, 6.07) is 1.77. The van der Waals surface area contributed by atoms with Crippen LogP contribution >= 0.6 is 0 Å². The zero-order valence-electron chi connectivity index (χ0n) is 5.11. The van der Waals surface area contributed by atoms with Crippen LogP contribution in [0.4, 0.5) is 0 Å². The summed E-state index contributed by atoms with van der Waals surface area (Å²) in [5.41, 5.74) is 0.845. The van der Waals surface area contributed by atoms with Gasteiger partial charge >= 0.3 is 0 Å². The van der Waals surface area contributed by atoms with Gasteiger partial charge in [-0.15, -0.1) is 0 Å². The Morgan fingerprint density at radius 3 is 3.10 bits per heavy atom. The number of hydrogen-bond donors (Lipinski definition) is 1. The van der Waals surface area contributed by atoms with E-state index in [1.54, 1.807) is 24.8 Å². The summed E-state index contributed by atoms with van der Waals surface area (Å²) < 4.78 is 4.86. The van der Waals surface area contributed by atoms with Gasteiger partial charge in [0.1, 0.15) is 5.69 Å². The highest BCUT2D eigenvalue weighted by atomic mass is 16.5. The molecule has 0 radical (unpaired) electrons. The summed E-state index contributed by atoms with van der Waals surface area (Å²) in [6.07, 6.45) is 4.87. The van der Waals surface area contributed by atoms with Gasteiger partial charge in [0.25, 0.3) is 0 Å². The molecule has 0 aliphatic heterocycles. The van der Waals surface area contributed by atoms with Crippen LogP contribution in [0.1, 0.15) is 0 Å². The van der Waals surface area contributed by atoms with E-state index in [9.17, 15) is 0 Å². The highest BCUT2D eigenvalue weighted by Crippen LogP contribution is 2.12. The second-order valence-corrected chi connectivity index (χ2v) is 1.84. The van der Waals surface area contributed by atoms with Gasteiger partial charge in [0.15, 0.2) is 5.76 Å². The van der Waals surface area contributed by atoms with Crippen molar-refractivity contribution < 1.29 is 4.52 Å². The Kier molecular flexibility index (Phi) is 1.04. The van der Waals surface area contributed by atoms with E-state index in [2.05, 4.69) is 15.1 Å². The minimum absolute atomic E-state index is 0.706. The zero-order valence-corrected chi connectivity index (χ0v) is 5.11. The lowest BCUT2D eigenvalue weighted by Crippen LogP contribution is -1.68. The molecule has 10 heavy (non-hydrogen) atoms. The normalized spacial score (nSPS) is 10.0. The molecule has 2 aromatic rings. The first-order valence-electron chi connectivity index (χ1n) is 2.86. The Labute approximate surface area is 56.9 Å². The Bertz CT molecular complexity index is 252.